The van der Waals surface area contributed by atoms with Gasteiger partial charge in [-0.25, -0.2) is 9.98 Å². The average molecular weight is 579 g/mol. The van der Waals surface area contributed by atoms with E-state index in [0.717, 1.165) is 33.5 Å². The van der Waals surface area contributed by atoms with E-state index in [1.54, 1.807) is 0 Å². The van der Waals surface area contributed by atoms with Gasteiger partial charge in [0.05, 0.1) is 5.69 Å². The van der Waals surface area contributed by atoms with Crippen molar-refractivity contribution < 1.29 is 0 Å². The average Bonchev–Trinajstić information content (AvgIpc) is 3.04. The van der Waals surface area contributed by atoms with E-state index in [1.807, 2.05) is 91.0 Å². The molecule has 0 saturated heterocycles. The molecule has 44 heavy (non-hydrogen) atoms. The smallest absolute Gasteiger partial charge is 0.161 e. The summed E-state index contributed by atoms with van der Waals surface area (Å²) >= 11 is 0. The van der Waals surface area contributed by atoms with Crippen molar-refractivity contribution >= 4 is 24.1 Å². The van der Waals surface area contributed by atoms with Crippen LogP contribution in [0.5, 0.6) is 0 Å². The van der Waals surface area contributed by atoms with Gasteiger partial charge in [-0.2, -0.15) is 0 Å². The van der Waals surface area contributed by atoms with Crippen LogP contribution in [-0.4, -0.2) is 18.4 Å². The summed E-state index contributed by atoms with van der Waals surface area (Å²) in [4.78, 5) is 10.7. The minimum atomic E-state index is 0.0912. The molecule has 3 aromatic carbocycles. The lowest BCUT2D eigenvalue weighted by Crippen LogP contribution is -2.13. The minimum Gasteiger partial charge on any atom is -0.323 e. The van der Waals surface area contributed by atoms with E-state index in [0.29, 0.717) is 11.4 Å². The van der Waals surface area contributed by atoms with Gasteiger partial charge in [-0.05, 0) is 71.2 Å². The molecule has 4 heteroatoms. The Morgan fingerprint density at radius 2 is 1.57 bits per heavy atom. The Hall–Kier alpha value is -5.09. The molecule has 1 aliphatic rings. The van der Waals surface area contributed by atoms with E-state index in [9.17, 15) is 0 Å². The van der Waals surface area contributed by atoms with Crippen LogP contribution < -0.4 is 4.90 Å². The Labute approximate surface area is 263 Å². The van der Waals surface area contributed by atoms with Gasteiger partial charge < -0.3 is 4.90 Å². The summed E-state index contributed by atoms with van der Waals surface area (Å²) in [7, 11) is 0. The van der Waals surface area contributed by atoms with Gasteiger partial charge in [0, 0.05) is 29.4 Å². The van der Waals surface area contributed by atoms with Gasteiger partial charge in [-0.15, -0.1) is 0 Å². The van der Waals surface area contributed by atoms with Crippen molar-refractivity contribution in [3.63, 3.8) is 0 Å². The lowest BCUT2D eigenvalue weighted by atomic mass is 9.84. The van der Waals surface area contributed by atoms with E-state index in [-0.39, 0.29) is 17.2 Å². The molecule has 1 aliphatic heterocycles. The molecule has 1 N–H and O–H groups in total. The highest BCUT2D eigenvalue weighted by atomic mass is 15.1. The molecule has 1 unspecified atom stereocenters. The maximum atomic E-state index is 9.02. The summed E-state index contributed by atoms with van der Waals surface area (Å²) in [5.74, 6) is 0.613. The van der Waals surface area contributed by atoms with Crippen LogP contribution in [0, 0.1) is 12.3 Å². The topological polar surface area (TPSA) is 51.8 Å². The van der Waals surface area contributed by atoms with Gasteiger partial charge >= 0.3 is 0 Å². The van der Waals surface area contributed by atoms with Crippen LogP contribution in [0.15, 0.2) is 155 Å². The normalized spacial score (nSPS) is 17.7. The summed E-state index contributed by atoms with van der Waals surface area (Å²) in [5.41, 5.74) is 8.76. The van der Waals surface area contributed by atoms with Gasteiger partial charge in [0.15, 0.2) is 11.7 Å². The Kier molecular flexibility index (Phi) is 10.1. The second kappa shape index (κ2) is 13.9. The van der Waals surface area contributed by atoms with Crippen molar-refractivity contribution in [2.75, 3.05) is 4.90 Å². The predicted molar refractivity (Wildman–Crippen MR) is 190 cm³/mol. The molecule has 0 amide bonds. The molecular formula is C40H42N4. The van der Waals surface area contributed by atoms with Crippen molar-refractivity contribution in [1.82, 2.24) is 0 Å². The standard InChI is InChI=1S/C40H42N4/c1-28-17-22-37(36(26-28)38(41)43-39(42-8)33-15-10-9-11-16-33)44-24-13-12-14-29(2)30(3)27-34(23-25-44)31(4)32-18-20-35(21-19-32)40(5,6)7/h9-27,31,41H,2-3,8H2,1,4-7H3/b14-12-,24-13-,25-23?,34-27+,41-38?,43-39?. The van der Waals surface area contributed by atoms with E-state index >= 15 is 0 Å². The first-order valence-electron chi connectivity index (χ1n) is 14.8. The number of allylic oxidation sites excluding steroid dienone is 8. The maximum Gasteiger partial charge on any atom is 0.161 e. The molecule has 0 saturated carbocycles. The molecule has 0 aromatic heterocycles. The summed E-state index contributed by atoms with van der Waals surface area (Å²) in [6.45, 7) is 23.1. The minimum absolute atomic E-state index is 0.0912. The third kappa shape index (κ3) is 7.84. The first kappa shape index (κ1) is 31.8. The highest BCUT2D eigenvalue weighted by Crippen LogP contribution is 2.31. The zero-order valence-corrected chi connectivity index (χ0v) is 26.5. The Morgan fingerprint density at radius 3 is 2.23 bits per heavy atom. The van der Waals surface area contributed by atoms with Crippen LogP contribution in [0.25, 0.3) is 0 Å². The third-order valence-electron chi connectivity index (χ3n) is 7.70. The van der Waals surface area contributed by atoms with Crippen LogP contribution in [0.2, 0.25) is 0 Å². The van der Waals surface area contributed by atoms with Crippen LogP contribution in [0.3, 0.4) is 0 Å². The third-order valence-corrected chi connectivity index (χ3v) is 7.70. The number of hydrogen-bond acceptors (Lipinski definition) is 2. The number of rotatable bonds is 5. The van der Waals surface area contributed by atoms with Crippen molar-refractivity contribution in [1.29, 1.82) is 5.41 Å². The fraction of sp³-hybridized carbons (Fsp3) is 0.175. The van der Waals surface area contributed by atoms with E-state index in [1.165, 1.54) is 11.1 Å². The highest BCUT2D eigenvalue weighted by Gasteiger charge is 2.17. The predicted octanol–water partition coefficient (Wildman–Crippen LogP) is 10.0. The summed E-state index contributed by atoms with van der Waals surface area (Å²) in [6, 6.07) is 24.5. The molecule has 0 aliphatic carbocycles. The largest absolute Gasteiger partial charge is 0.323 e. The van der Waals surface area contributed by atoms with Gasteiger partial charge in [-0.3, -0.25) is 5.41 Å². The van der Waals surface area contributed by atoms with Crippen LogP contribution in [0.4, 0.5) is 5.69 Å². The molecule has 222 valence electrons. The monoisotopic (exact) mass is 578 g/mol. The molecule has 1 heterocycles. The fourth-order valence-electron chi connectivity index (χ4n) is 4.88. The quantitative estimate of drug-likeness (QED) is 0.238. The molecule has 1 atom stereocenters. The van der Waals surface area contributed by atoms with Crippen molar-refractivity contribution in [3.8, 4) is 0 Å². The van der Waals surface area contributed by atoms with Gasteiger partial charge in [0.25, 0.3) is 0 Å². The molecule has 4 rings (SSSR count). The molecule has 0 fully saturated rings. The molecule has 3 aromatic rings. The van der Waals surface area contributed by atoms with Crippen molar-refractivity contribution in [2.45, 2.75) is 46.0 Å². The number of aliphatic imine (C=N–C) groups is 2. The molecule has 0 radical (unpaired) electrons. The lowest BCUT2D eigenvalue weighted by molar-refractivity contribution is 0.590. The SMILES string of the molecule is C=NC(=NC(=N)c1cc(C)ccc1N1C=C/C(C(C)c2ccc(C(C)(C)C)cc2)=C\C(=C)C(=C)/C=C\C=C/1)c1ccccc1. The van der Waals surface area contributed by atoms with Crippen molar-refractivity contribution in [2.24, 2.45) is 9.98 Å². The molecule has 4 nitrogen and oxygen atoms in total. The lowest BCUT2D eigenvalue weighted by Gasteiger charge is -2.22. The molecule has 0 bridgehead atoms. The highest BCUT2D eigenvalue weighted by molar-refractivity contribution is 6.13. The fourth-order valence-corrected chi connectivity index (χ4v) is 4.88. The first-order chi connectivity index (χ1) is 21.0. The van der Waals surface area contributed by atoms with E-state index < -0.39 is 0 Å². The van der Waals surface area contributed by atoms with E-state index in [2.05, 4.69) is 94.0 Å². The second-order valence-electron chi connectivity index (χ2n) is 12.0. The summed E-state index contributed by atoms with van der Waals surface area (Å²) < 4.78 is 0. The van der Waals surface area contributed by atoms with Crippen molar-refractivity contribution in [3.05, 3.63) is 173 Å². The number of aryl methyl sites for hydroxylation is 1. The van der Waals surface area contributed by atoms with Gasteiger partial charge in [-0.1, -0.05) is 125 Å². The van der Waals surface area contributed by atoms with Gasteiger partial charge in [0.2, 0.25) is 0 Å². The summed E-state index contributed by atoms with van der Waals surface area (Å²) in [6.07, 6.45) is 14.1. The number of benzene rings is 3. The Morgan fingerprint density at radius 1 is 0.864 bits per heavy atom. The zero-order valence-electron chi connectivity index (χ0n) is 26.5. The Balaban J connectivity index is 1.77. The van der Waals surface area contributed by atoms with E-state index in [4.69, 9.17) is 5.41 Å². The number of nitrogens with zero attached hydrogens (tertiary/aromatic N) is 3. The number of anilines is 1. The zero-order chi connectivity index (χ0) is 31.9. The maximum absolute atomic E-state index is 9.02. The van der Waals surface area contributed by atoms with Crippen LogP contribution >= 0.6 is 0 Å². The van der Waals surface area contributed by atoms with Crippen LogP contribution in [0.1, 0.15) is 61.4 Å². The molecule has 0 spiro atoms. The number of nitrogens with one attached hydrogen (secondary N) is 1. The Bertz CT molecular complexity index is 1710. The molecular weight excluding hydrogens is 536 g/mol. The van der Waals surface area contributed by atoms with Gasteiger partial charge in [0.1, 0.15) is 0 Å². The first-order valence-corrected chi connectivity index (χ1v) is 14.8. The number of amidine groups is 2. The second-order valence-corrected chi connectivity index (χ2v) is 12.0. The number of hydrogen-bond donors (Lipinski definition) is 1. The van der Waals surface area contributed by atoms with Crippen LogP contribution in [-0.2, 0) is 5.41 Å². The summed E-state index contributed by atoms with van der Waals surface area (Å²) in [5, 5.41) is 9.02.